The fourth-order valence-corrected chi connectivity index (χ4v) is 4.66. The molecular weight excluding hydrogens is 272 g/mol. The molecule has 1 aliphatic carbocycles. The number of fused-ring (bicyclic) bond motifs is 1. The highest BCUT2D eigenvalue weighted by atomic mass is 16.2. The zero-order valence-electron chi connectivity index (χ0n) is 13.3. The molecule has 22 heavy (non-hydrogen) atoms. The minimum absolute atomic E-state index is 0.266. The van der Waals surface area contributed by atoms with Crippen LogP contribution in [0.25, 0.3) is 0 Å². The van der Waals surface area contributed by atoms with Gasteiger partial charge in [0.25, 0.3) is 5.91 Å². The molecule has 1 saturated carbocycles. The van der Waals surface area contributed by atoms with Crippen LogP contribution in [-0.4, -0.2) is 29.9 Å². The van der Waals surface area contributed by atoms with Gasteiger partial charge in [0.2, 0.25) is 0 Å². The Morgan fingerprint density at radius 1 is 1.09 bits per heavy atom. The zero-order chi connectivity index (χ0) is 14.9. The van der Waals surface area contributed by atoms with Crippen LogP contribution in [-0.2, 0) is 6.42 Å². The lowest BCUT2D eigenvalue weighted by atomic mass is 9.83. The van der Waals surface area contributed by atoms with Crippen LogP contribution in [0.4, 0.5) is 5.69 Å². The van der Waals surface area contributed by atoms with Crippen molar-refractivity contribution in [2.45, 2.75) is 57.4 Å². The van der Waals surface area contributed by atoms with Crippen LogP contribution in [0, 0.1) is 5.92 Å². The maximum Gasteiger partial charge on any atom is 0.254 e. The molecule has 2 aliphatic heterocycles. The normalized spacial score (nSPS) is 25.1. The molecule has 2 heterocycles. The van der Waals surface area contributed by atoms with Crippen molar-refractivity contribution in [2.24, 2.45) is 5.92 Å². The number of benzene rings is 1. The molecule has 0 bridgehead atoms. The van der Waals surface area contributed by atoms with Gasteiger partial charge in [-0.2, -0.15) is 0 Å². The standard InChI is InChI=1S/C19H26N2O/c22-19(16-8-9-17-15(13-16)10-11-20-17)21-12-4-7-18(21)14-5-2-1-3-6-14/h8-9,13-14,18,20H,1-7,10-12H2. The van der Waals surface area contributed by atoms with Gasteiger partial charge in [0.1, 0.15) is 0 Å². The number of hydrogen-bond donors (Lipinski definition) is 1. The van der Waals surface area contributed by atoms with Crippen molar-refractivity contribution in [3.05, 3.63) is 29.3 Å². The third-order valence-corrected chi connectivity index (χ3v) is 5.82. The van der Waals surface area contributed by atoms with E-state index in [9.17, 15) is 4.79 Å². The molecule has 1 aromatic carbocycles. The summed E-state index contributed by atoms with van der Waals surface area (Å²) >= 11 is 0. The van der Waals surface area contributed by atoms with Gasteiger partial charge in [0.15, 0.2) is 0 Å². The number of carbonyl (C=O) groups is 1. The second-order valence-corrected chi connectivity index (χ2v) is 7.15. The van der Waals surface area contributed by atoms with Gasteiger partial charge in [-0.1, -0.05) is 19.3 Å². The molecule has 1 aromatic rings. The Hall–Kier alpha value is -1.51. The van der Waals surface area contributed by atoms with E-state index in [1.54, 1.807) is 0 Å². The Morgan fingerprint density at radius 2 is 1.95 bits per heavy atom. The number of carbonyl (C=O) groups excluding carboxylic acids is 1. The topological polar surface area (TPSA) is 32.3 Å². The lowest BCUT2D eigenvalue weighted by Crippen LogP contribution is -2.40. The van der Waals surface area contributed by atoms with Gasteiger partial charge >= 0.3 is 0 Å². The Labute approximate surface area is 133 Å². The summed E-state index contributed by atoms with van der Waals surface area (Å²) in [6, 6.07) is 6.71. The Bertz CT molecular complexity index is 563. The SMILES string of the molecule is O=C(c1ccc2c(c1)CCN2)N1CCCC1C1CCCCC1. The molecule has 0 aromatic heterocycles. The predicted octanol–water partition coefficient (Wildman–Crippen LogP) is 3.84. The third kappa shape index (κ3) is 2.51. The van der Waals surface area contributed by atoms with E-state index in [1.807, 2.05) is 6.07 Å². The molecule has 3 heteroatoms. The first-order valence-electron chi connectivity index (χ1n) is 9.01. The predicted molar refractivity (Wildman–Crippen MR) is 89.3 cm³/mol. The molecule has 3 nitrogen and oxygen atoms in total. The summed E-state index contributed by atoms with van der Waals surface area (Å²) in [4.78, 5) is 15.2. The summed E-state index contributed by atoms with van der Waals surface area (Å²) in [5.74, 6) is 1.01. The van der Waals surface area contributed by atoms with Gasteiger partial charge in [-0.25, -0.2) is 0 Å². The number of likely N-dealkylation sites (tertiary alicyclic amines) is 1. The molecule has 1 unspecified atom stereocenters. The summed E-state index contributed by atoms with van der Waals surface area (Å²) in [5, 5.41) is 3.37. The number of hydrogen-bond acceptors (Lipinski definition) is 2. The maximum atomic E-state index is 13.0. The molecule has 4 rings (SSSR count). The van der Waals surface area contributed by atoms with Crippen molar-refractivity contribution in [1.29, 1.82) is 0 Å². The fraction of sp³-hybridized carbons (Fsp3) is 0.632. The maximum absolute atomic E-state index is 13.0. The minimum Gasteiger partial charge on any atom is -0.384 e. The van der Waals surface area contributed by atoms with Gasteiger partial charge in [0, 0.05) is 30.4 Å². The molecule has 1 atom stereocenters. The van der Waals surface area contributed by atoms with Crippen molar-refractivity contribution in [2.75, 3.05) is 18.4 Å². The van der Waals surface area contributed by atoms with E-state index in [4.69, 9.17) is 0 Å². The third-order valence-electron chi connectivity index (χ3n) is 5.82. The van der Waals surface area contributed by atoms with Crippen molar-refractivity contribution < 1.29 is 4.79 Å². The molecule has 1 saturated heterocycles. The highest BCUT2D eigenvalue weighted by Crippen LogP contribution is 2.35. The molecule has 1 N–H and O–H groups in total. The number of nitrogens with zero attached hydrogens (tertiary/aromatic N) is 1. The minimum atomic E-state index is 0.266. The first-order valence-corrected chi connectivity index (χ1v) is 9.01. The average Bonchev–Trinajstić information content (AvgIpc) is 3.23. The second kappa shape index (κ2) is 5.94. The van der Waals surface area contributed by atoms with Crippen LogP contribution in [0.2, 0.25) is 0 Å². The lowest BCUT2D eigenvalue weighted by Gasteiger charge is -2.34. The van der Waals surface area contributed by atoms with E-state index in [2.05, 4.69) is 22.3 Å². The van der Waals surface area contributed by atoms with Crippen molar-refractivity contribution >= 4 is 11.6 Å². The molecule has 2 fully saturated rings. The first kappa shape index (κ1) is 14.1. The van der Waals surface area contributed by atoms with Crippen LogP contribution in [0.5, 0.6) is 0 Å². The molecule has 0 spiro atoms. The van der Waals surface area contributed by atoms with E-state index >= 15 is 0 Å². The lowest BCUT2D eigenvalue weighted by molar-refractivity contribution is 0.0661. The van der Waals surface area contributed by atoms with Crippen molar-refractivity contribution in [1.82, 2.24) is 4.90 Å². The van der Waals surface area contributed by atoms with Crippen LogP contribution in [0.1, 0.15) is 60.9 Å². The zero-order valence-corrected chi connectivity index (χ0v) is 13.3. The quantitative estimate of drug-likeness (QED) is 0.899. The number of rotatable bonds is 2. The second-order valence-electron chi connectivity index (χ2n) is 7.15. The van der Waals surface area contributed by atoms with Crippen LogP contribution >= 0.6 is 0 Å². The summed E-state index contributed by atoms with van der Waals surface area (Å²) < 4.78 is 0. The van der Waals surface area contributed by atoms with Crippen LogP contribution in [0.15, 0.2) is 18.2 Å². The van der Waals surface area contributed by atoms with E-state index in [0.29, 0.717) is 6.04 Å². The van der Waals surface area contributed by atoms with Gasteiger partial charge in [-0.3, -0.25) is 4.79 Å². The first-order chi connectivity index (χ1) is 10.8. The monoisotopic (exact) mass is 298 g/mol. The van der Waals surface area contributed by atoms with E-state index in [0.717, 1.165) is 31.0 Å². The van der Waals surface area contributed by atoms with E-state index < -0.39 is 0 Å². The summed E-state index contributed by atoms with van der Waals surface area (Å²) in [5.41, 5.74) is 3.41. The highest BCUT2D eigenvalue weighted by Gasteiger charge is 2.35. The smallest absolute Gasteiger partial charge is 0.254 e. The van der Waals surface area contributed by atoms with Gasteiger partial charge in [-0.05, 0) is 61.8 Å². The van der Waals surface area contributed by atoms with Crippen LogP contribution < -0.4 is 5.32 Å². The Morgan fingerprint density at radius 3 is 2.82 bits per heavy atom. The molecule has 118 valence electrons. The Kier molecular flexibility index (Phi) is 3.81. The Balaban J connectivity index is 1.53. The molecule has 0 radical (unpaired) electrons. The summed E-state index contributed by atoms with van der Waals surface area (Å²) in [6.45, 7) is 1.96. The van der Waals surface area contributed by atoms with Crippen molar-refractivity contribution in [3.63, 3.8) is 0 Å². The fourth-order valence-electron chi connectivity index (χ4n) is 4.66. The van der Waals surface area contributed by atoms with Gasteiger partial charge in [0.05, 0.1) is 0 Å². The van der Waals surface area contributed by atoms with E-state index in [-0.39, 0.29) is 5.91 Å². The highest BCUT2D eigenvalue weighted by molar-refractivity contribution is 5.95. The largest absolute Gasteiger partial charge is 0.384 e. The number of anilines is 1. The molecule has 1 amide bonds. The van der Waals surface area contributed by atoms with Crippen molar-refractivity contribution in [3.8, 4) is 0 Å². The average molecular weight is 298 g/mol. The summed E-state index contributed by atoms with van der Waals surface area (Å²) in [7, 11) is 0. The van der Waals surface area contributed by atoms with Gasteiger partial charge in [-0.15, -0.1) is 0 Å². The number of nitrogens with one attached hydrogen (secondary N) is 1. The van der Waals surface area contributed by atoms with E-state index in [1.165, 1.54) is 56.2 Å². The summed E-state index contributed by atoms with van der Waals surface area (Å²) in [6.07, 6.45) is 10.2. The number of amides is 1. The van der Waals surface area contributed by atoms with Gasteiger partial charge < -0.3 is 10.2 Å². The molecular formula is C19H26N2O. The van der Waals surface area contributed by atoms with Crippen LogP contribution in [0.3, 0.4) is 0 Å². The molecule has 3 aliphatic rings.